The summed E-state index contributed by atoms with van der Waals surface area (Å²) >= 11 is 0. The van der Waals surface area contributed by atoms with Gasteiger partial charge in [-0.05, 0) is 31.9 Å². The highest BCUT2D eigenvalue weighted by Crippen LogP contribution is 2.26. The van der Waals surface area contributed by atoms with E-state index >= 15 is 0 Å². The molecular weight excluding hydrogens is 172 g/mol. The molecule has 0 radical (unpaired) electrons. The topological polar surface area (TPSA) is 17.8 Å². The molecule has 2 heterocycles. The van der Waals surface area contributed by atoms with Gasteiger partial charge in [0.25, 0.3) is 0 Å². The van der Waals surface area contributed by atoms with Gasteiger partial charge < -0.3 is 4.57 Å². The highest BCUT2D eigenvalue weighted by Gasteiger charge is 2.21. The van der Waals surface area contributed by atoms with Gasteiger partial charge in [-0.25, -0.2) is 4.98 Å². The van der Waals surface area contributed by atoms with E-state index < -0.39 is 0 Å². The Morgan fingerprint density at radius 3 is 2.86 bits per heavy atom. The van der Waals surface area contributed by atoms with Crippen molar-refractivity contribution in [2.24, 2.45) is 0 Å². The molecule has 0 fully saturated rings. The second-order valence-electron chi connectivity index (χ2n) is 4.22. The summed E-state index contributed by atoms with van der Waals surface area (Å²) in [5.41, 5.74) is 1.40. The molecule has 14 heavy (non-hydrogen) atoms. The van der Waals surface area contributed by atoms with Crippen molar-refractivity contribution in [3.8, 4) is 0 Å². The van der Waals surface area contributed by atoms with Gasteiger partial charge in [0.05, 0.1) is 5.54 Å². The summed E-state index contributed by atoms with van der Waals surface area (Å²) < 4.78 is 2.20. The van der Waals surface area contributed by atoms with Crippen LogP contribution in [0.4, 0.5) is 0 Å². The zero-order valence-electron chi connectivity index (χ0n) is 8.99. The third kappa shape index (κ3) is 1.41. The first-order valence-corrected chi connectivity index (χ1v) is 5.07. The summed E-state index contributed by atoms with van der Waals surface area (Å²) in [6.45, 7) is 6.60. The van der Waals surface area contributed by atoms with Crippen molar-refractivity contribution in [2.75, 3.05) is 0 Å². The van der Waals surface area contributed by atoms with Crippen molar-refractivity contribution in [1.29, 1.82) is 0 Å². The van der Waals surface area contributed by atoms with Gasteiger partial charge in [0.2, 0.25) is 0 Å². The summed E-state index contributed by atoms with van der Waals surface area (Å²) in [6.07, 6.45) is 11.5. The van der Waals surface area contributed by atoms with Crippen LogP contribution in [-0.2, 0) is 5.54 Å². The summed E-state index contributed by atoms with van der Waals surface area (Å²) in [7, 11) is 0. The van der Waals surface area contributed by atoms with Crippen LogP contribution in [0.15, 0.2) is 30.1 Å². The Hall–Kier alpha value is -1.31. The largest absolute Gasteiger partial charge is 0.322 e. The lowest BCUT2D eigenvalue weighted by atomic mass is 10.0. The second-order valence-corrected chi connectivity index (χ2v) is 4.22. The smallest absolute Gasteiger partial charge is 0.133 e. The molecule has 1 aromatic heterocycles. The average Bonchev–Trinajstić information content (AvgIpc) is 2.56. The number of hydrogen-bond acceptors (Lipinski definition) is 1. The van der Waals surface area contributed by atoms with Crippen LogP contribution in [0.2, 0.25) is 0 Å². The molecule has 0 saturated heterocycles. The van der Waals surface area contributed by atoms with E-state index in [-0.39, 0.29) is 5.54 Å². The molecule has 0 atom stereocenters. The van der Waals surface area contributed by atoms with Crippen LogP contribution in [0, 0.1) is 0 Å². The van der Waals surface area contributed by atoms with Crippen molar-refractivity contribution in [1.82, 2.24) is 9.55 Å². The Balaban J connectivity index is 2.54. The van der Waals surface area contributed by atoms with Crippen LogP contribution in [0.3, 0.4) is 0 Å². The Bertz CT molecular complexity index is 394. The van der Waals surface area contributed by atoms with Crippen molar-refractivity contribution in [3.05, 3.63) is 35.9 Å². The van der Waals surface area contributed by atoms with E-state index in [9.17, 15) is 0 Å². The summed E-state index contributed by atoms with van der Waals surface area (Å²) in [5.74, 6) is 1.04. The van der Waals surface area contributed by atoms with Gasteiger partial charge in [-0.3, -0.25) is 0 Å². The lowest BCUT2D eigenvalue weighted by molar-refractivity contribution is 0.450. The van der Waals surface area contributed by atoms with Gasteiger partial charge in [-0.15, -0.1) is 0 Å². The zero-order chi connectivity index (χ0) is 10.2. The minimum Gasteiger partial charge on any atom is -0.322 e. The van der Waals surface area contributed by atoms with E-state index in [2.05, 4.69) is 48.6 Å². The molecule has 2 nitrogen and oxygen atoms in total. The number of imidazole rings is 1. The van der Waals surface area contributed by atoms with E-state index in [0.29, 0.717) is 0 Å². The molecule has 0 unspecified atom stereocenters. The maximum absolute atomic E-state index is 4.32. The van der Waals surface area contributed by atoms with E-state index in [1.807, 2.05) is 12.4 Å². The number of nitrogens with zero attached hydrogens (tertiary/aromatic N) is 2. The Labute approximate surface area is 85.0 Å². The molecule has 0 bridgehead atoms. The Kier molecular flexibility index (Phi) is 2.06. The standard InChI is InChI=1S/C12H16N2/c1-4-10-5-6-11-13-7-8-14(11)12(2,3)9-10/h5-9H,4H2,1-3H3. The Morgan fingerprint density at radius 2 is 2.14 bits per heavy atom. The van der Waals surface area contributed by atoms with Crippen LogP contribution < -0.4 is 0 Å². The fourth-order valence-corrected chi connectivity index (χ4v) is 1.90. The molecular formula is C12H16N2. The quantitative estimate of drug-likeness (QED) is 0.662. The minimum atomic E-state index is 0.0284. The van der Waals surface area contributed by atoms with E-state index in [0.717, 1.165) is 12.2 Å². The fraction of sp³-hybridized carbons (Fsp3) is 0.417. The molecule has 2 heteroatoms. The molecule has 1 aliphatic rings. The molecule has 0 spiro atoms. The van der Waals surface area contributed by atoms with Gasteiger partial charge in [-0.1, -0.05) is 19.1 Å². The lowest BCUT2D eigenvalue weighted by Gasteiger charge is -2.23. The SMILES string of the molecule is CCC1=CC(C)(C)n2ccnc2C=C1. The van der Waals surface area contributed by atoms with Gasteiger partial charge in [0.1, 0.15) is 5.82 Å². The van der Waals surface area contributed by atoms with Crippen LogP contribution in [0.25, 0.3) is 6.08 Å². The number of fused-ring (bicyclic) bond motifs is 1. The molecule has 0 saturated carbocycles. The van der Waals surface area contributed by atoms with Gasteiger partial charge in [0.15, 0.2) is 0 Å². The third-order valence-corrected chi connectivity index (χ3v) is 2.68. The van der Waals surface area contributed by atoms with Crippen molar-refractivity contribution in [2.45, 2.75) is 32.7 Å². The monoisotopic (exact) mass is 188 g/mol. The number of hydrogen-bond donors (Lipinski definition) is 0. The highest BCUT2D eigenvalue weighted by atomic mass is 15.1. The van der Waals surface area contributed by atoms with Gasteiger partial charge in [-0.2, -0.15) is 0 Å². The Morgan fingerprint density at radius 1 is 1.36 bits per heavy atom. The van der Waals surface area contributed by atoms with Gasteiger partial charge in [0, 0.05) is 12.4 Å². The zero-order valence-corrected chi connectivity index (χ0v) is 8.99. The molecule has 0 aromatic carbocycles. The van der Waals surface area contributed by atoms with E-state index in [4.69, 9.17) is 0 Å². The van der Waals surface area contributed by atoms with Crippen molar-refractivity contribution >= 4 is 6.08 Å². The molecule has 0 N–H and O–H groups in total. The molecule has 2 rings (SSSR count). The first-order chi connectivity index (χ1) is 6.63. The fourth-order valence-electron chi connectivity index (χ4n) is 1.90. The first kappa shape index (κ1) is 9.25. The van der Waals surface area contributed by atoms with Crippen LogP contribution in [0.5, 0.6) is 0 Å². The maximum Gasteiger partial charge on any atom is 0.133 e. The summed E-state index contributed by atoms with van der Waals surface area (Å²) in [5, 5.41) is 0. The molecule has 0 amide bonds. The lowest BCUT2D eigenvalue weighted by Crippen LogP contribution is -2.23. The predicted molar refractivity (Wildman–Crippen MR) is 59.0 cm³/mol. The van der Waals surface area contributed by atoms with E-state index in [1.54, 1.807) is 0 Å². The number of rotatable bonds is 1. The normalized spacial score (nSPS) is 18.6. The predicted octanol–water partition coefficient (Wildman–Crippen LogP) is 2.98. The third-order valence-electron chi connectivity index (χ3n) is 2.68. The van der Waals surface area contributed by atoms with Crippen LogP contribution >= 0.6 is 0 Å². The number of allylic oxidation sites excluding steroid dienone is 3. The highest BCUT2D eigenvalue weighted by molar-refractivity contribution is 5.49. The average molecular weight is 188 g/mol. The number of aromatic nitrogens is 2. The summed E-state index contributed by atoms with van der Waals surface area (Å²) in [4.78, 5) is 4.32. The molecule has 0 aliphatic carbocycles. The first-order valence-electron chi connectivity index (χ1n) is 5.07. The van der Waals surface area contributed by atoms with Crippen LogP contribution in [-0.4, -0.2) is 9.55 Å². The van der Waals surface area contributed by atoms with Gasteiger partial charge >= 0.3 is 0 Å². The maximum atomic E-state index is 4.32. The molecule has 1 aliphatic heterocycles. The van der Waals surface area contributed by atoms with Crippen LogP contribution in [0.1, 0.15) is 33.0 Å². The summed E-state index contributed by atoms with van der Waals surface area (Å²) in [6, 6.07) is 0. The molecule has 74 valence electrons. The van der Waals surface area contributed by atoms with Crippen molar-refractivity contribution in [3.63, 3.8) is 0 Å². The molecule has 1 aromatic rings. The minimum absolute atomic E-state index is 0.0284. The van der Waals surface area contributed by atoms with E-state index in [1.165, 1.54) is 5.57 Å². The second kappa shape index (κ2) is 3.12. The van der Waals surface area contributed by atoms with Crippen molar-refractivity contribution < 1.29 is 0 Å².